The first-order chi connectivity index (χ1) is 8.97. The number of halogens is 2. The Labute approximate surface area is 114 Å². The number of hydrogen-bond donors (Lipinski definition) is 2. The lowest BCUT2D eigenvalue weighted by molar-refractivity contribution is 0.0698. The standard InChI is InChI=1S/C14H11ClFNO2/c1-8-2-4-10(14(18)19)13(6-8)17-12-5-3-9(16)7-11(12)15/h2-7,17H,1H3,(H,18,19). The Balaban J connectivity index is 2.42. The Morgan fingerprint density at radius 3 is 2.58 bits per heavy atom. The molecule has 0 aliphatic rings. The maximum Gasteiger partial charge on any atom is 0.337 e. The van der Waals surface area contributed by atoms with E-state index in [1.54, 1.807) is 12.1 Å². The van der Waals surface area contributed by atoms with Crippen molar-refractivity contribution in [3.05, 3.63) is 58.4 Å². The molecule has 0 bridgehead atoms. The normalized spacial score (nSPS) is 10.3. The first-order valence-electron chi connectivity index (χ1n) is 5.53. The lowest BCUT2D eigenvalue weighted by Crippen LogP contribution is -2.03. The fourth-order valence-electron chi connectivity index (χ4n) is 1.68. The molecule has 0 fully saturated rings. The van der Waals surface area contributed by atoms with Gasteiger partial charge in [0.1, 0.15) is 5.82 Å². The average Bonchev–Trinajstić information content (AvgIpc) is 2.32. The van der Waals surface area contributed by atoms with Gasteiger partial charge in [0, 0.05) is 0 Å². The molecule has 2 N–H and O–H groups in total. The van der Waals surface area contributed by atoms with E-state index in [1.165, 1.54) is 24.3 Å². The molecule has 0 saturated carbocycles. The lowest BCUT2D eigenvalue weighted by Gasteiger charge is -2.12. The van der Waals surface area contributed by atoms with E-state index in [1.807, 2.05) is 6.92 Å². The topological polar surface area (TPSA) is 49.3 Å². The van der Waals surface area contributed by atoms with Gasteiger partial charge in [0.05, 0.1) is 22.0 Å². The van der Waals surface area contributed by atoms with E-state index in [-0.39, 0.29) is 10.6 Å². The van der Waals surface area contributed by atoms with Crippen LogP contribution in [0.3, 0.4) is 0 Å². The smallest absolute Gasteiger partial charge is 0.337 e. The van der Waals surface area contributed by atoms with Crippen LogP contribution in [0.4, 0.5) is 15.8 Å². The minimum atomic E-state index is -1.04. The summed E-state index contributed by atoms with van der Waals surface area (Å²) in [4.78, 5) is 11.1. The third-order valence-corrected chi connectivity index (χ3v) is 2.92. The van der Waals surface area contributed by atoms with Gasteiger partial charge in [-0.25, -0.2) is 9.18 Å². The predicted molar refractivity (Wildman–Crippen MR) is 72.8 cm³/mol. The van der Waals surface area contributed by atoms with Crippen molar-refractivity contribution in [3.8, 4) is 0 Å². The van der Waals surface area contributed by atoms with Crippen molar-refractivity contribution in [2.75, 3.05) is 5.32 Å². The number of aromatic carboxylic acids is 1. The Morgan fingerprint density at radius 1 is 1.21 bits per heavy atom. The van der Waals surface area contributed by atoms with Crippen molar-refractivity contribution in [1.29, 1.82) is 0 Å². The third kappa shape index (κ3) is 3.03. The number of benzene rings is 2. The predicted octanol–water partition coefficient (Wildman–Crippen LogP) is 4.23. The van der Waals surface area contributed by atoms with Gasteiger partial charge in [-0.2, -0.15) is 0 Å². The van der Waals surface area contributed by atoms with Gasteiger partial charge in [0.25, 0.3) is 0 Å². The number of carbonyl (C=O) groups is 1. The second kappa shape index (κ2) is 5.28. The summed E-state index contributed by atoms with van der Waals surface area (Å²) in [6, 6.07) is 8.80. The number of carboxylic acid groups (broad SMARTS) is 1. The lowest BCUT2D eigenvalue weighted by atomic mass is 10.1. The molecule has 19 heavy (non-hydrogen) atoms. The van der Waals surface area contributed by atoms with E-state index >= 15 is 0 Å². The second-order valence-electron chi connectivity index (χ2n) is 4.10. The van der Waals surface area contributed by atoms with Crippen molar-refractivity contribution >= 4 is 28.9 Å². The maximum absolute atomic E-state index is 13.0. The fourth-order valence-corrected chi connectivity index (χ4v) is 1.90. The fraction of sp³-hybridized carbons (Fsp3) is 0.0714. The van der Waals surface area contributed by atoms with Crippen LogP contribution in [0.25, 0.3) is 0 Å². The zero-order valence-electron chi connectivity index (χ0n) is 10.1. The number of nitrogens with one attached hydrogen (secondary N) is 1. The summed E-state index contributed by atoms with van der Waals surface area (Å²) in [5.41, 5.74) is 1.91. The van der Waals surface area contributed by atoms with E-state index in [0.717, 1.165) is 5.56 Å². The summed E-state index contributed by atoms with van der Waals surface area (Å²) in [6.45, 7) is 1.85. The third-order valence-electron chi connectivity index (χ3n) is 2.61. The molecule has 0 saturated heterocycles. The summed E-state index contributed by atoms with van der Waals surface area (Å²) in [5, 5.41) is 12.2. The molecule has 0 aliphatic carbocycles. The van der Waals surface area contributed by atoms with Gasteiger partial charge in [0.15, 0.2) is 0 Å². The zero-order chi connectivity index (χ0) is 14.0. The van der Waals surface area contributed by atoms with Gasteiger partial charge >= 0.3 is 5.97 Å². The Kier molecular flexibility index (Phi) is 3.71. The molecule has 0 aromatic heterocycles. The molecule has 5 heteroatoms. The van der Waals surface area contributed by atoms with Gasteiger partial charge in [-0.3, -0.25) is 0 Å². The van der Waals surface area contributed by atoms with Crippen molar-refractivity contribution in [2.45, 2.75) is 6.92 Å². The molecule has 0 spiro atoms. The van der Waals surface area contributed by atoms with E-state index < -0.39 is 11.8 Å². The van der Waals surface area contributed by atoms with Crippen LogP contribution in [-0.2, 0) is 0 Å². The quantitative estimate of drug-likeness (QED) is 0.884. The molecule has 0 amide bonds. The van der Waals surface area contributed by atoms with Crippen molar-refractivity contribution in [2.24, 2.45) is 0 Å². The molecular formula is C14H11ClFNO2. The minimum absolute atomic E-state index is 0.131. The van der Waals surface area contributed by atoms with E-state index in [0.29, 0.717) is 11.4 Å². The van der Waals surface area contributed by atoms with Gasteiger partial charge in [0.2, 0.25) is 0 Å². The number of hydrogen-bond acceptors (Lipinski definition) is 2. The highest BCUT2D eigenvalue weighted by atomic mass is 35.5. The number of carboxylic acids is 1. The van der Waals surface area contributed by atoms with Gasteiger partial charge in [-0.15, -0.1) is 0 Å². The Hall–Kier alpha value is -2.07. The SMILES string of the molecule is Cc1ccc(C(=O)O)c(Nc2ccc(F)cc2Cl)c1. The van der Waals surface area contributed by atoms with Crippen LogP contribution in [0.15, 0.2) is 36.4 Å². The Morgan fingerprint density at radius 2 is 1.95 bits per heavy atom. The zero-order valence-corrected chi connectivity index (χ0v) is 10.8. The van der Waals surface area contributed by atoms with Gasteiger partial charge in [-0.05, 0) is 42.8 Å². The second-order valence-corrected chi connectivity index (χ2v) is 4.51. The largest absolute Gasteiger partial charge is 0.478 e. The number of anilines is 2. The average molecular weight is 280 g/mol. The molecule has 0 heterocycles. The molecule has 0 atom stereocenters. The molecule has 98 valence electrons. The van der Waals surface area contributed by atoms with Crippen LogP contribution >= 0.6 is 11.6 Å². The molecule has 2 aromatic carbocycles. The summed E-state index contributed by atoms with van der Waals surface area (Å²) < 4.78 is 13.0. The maximum atomic E-state index is 13.0. The summed E-state index contributed by atoms with van der Waals surface area (Å²) in [5.74, 6) is -1.49. The van der Waals surface area contributed by atoms with E-state index in [4.69, 9.17) is 16.7 Å². The molecule has 0 radical (unpaired) electrons. The molecule has 0 unspecified atom stereocenters. The van der Waals surface area contributed by atoms with Crippen LogP contribution in [0.1, 0.15) is 15.9 Å². The molecule has 3 nitrogen and oxygen atoms in total. The van der Waals surface area contributed by atoms with Crippen LogP contribution in [0.2, 0.25) is 5.02 Å². The van der Waals surface area contributed by atoms with Crippen LogP contribution in [-0.4, -0.2) is 11.1 Å². The molecule has 0 aliphatic heterocycles. The first-order valence-corrected chi connectivity index (χ1v) is 5.91. The number of rotatable bonds is 3. The van der Waals surface area contributed by atoms with Gasteiger partial charge in [-0.1, -0.05) is 17.7 Å². The highest BCUT2D eigenvalue weighted by molar-refractivity contribution is 6.33. The van der Waals surface area contributed by atoms with Crippen LogP contribution in [0, 0.1) is 12.7 Å². The summed E-state index contributed by atoms with van der Waals surface area (Å²) in [7, 11) is 0. The van der Waals surface area contributed by atoms with Crippen molar-refractivity contribution < 1.29 is 14.3 Å². The number of aryl methyl sites for hydroxylation is 1. The summed E-state index contributed by atoms with van der Waals surface area (Å²) >= 11 is 5.90. The minimum Gasteiger partial charge on any atom is -0.478 e. The molecule has 2 aromatic rings. The highest BCUT2D eigenvalue weighted by Crippen LogP contribution is 2.28. The monoisotopic (exact) mass is 279 g/mol. The first kappa shape index (κ1) is 13.4. The molecule has 2 rings (SSSR count). The van der Waals surface area contributed by atoms with Crippen molar-refractivity contribution in [1.82, 2.24) is 0 Å². The highest BCUT2D eigenvalue weighted by Gasteiger charge is 2.11. The van der Waals surface area contributed by atoms with E-state index in [9.17, 15) is 9.18 Å². The van der Waals surface area contributed by atoms with Crippen molar-refractivity contribution in [3.63, 3.8) is 0 Å². The summed E-state index contributed by atoms with van der Waals surface area (Å²) in [6.07, 6.45) is 0. The molecular weight excluding hydrogens is 269 g/mol. The Bertz CT molecular complexity index is 643. The van der Waals surface area contributed by atoms with Crippen LogP contribution < -0.4 is 5.32 Å². The van der Waals surface area contributed by atoms with Crippen LogP contribution in [0.5, 0.6) is 0 Å². The van der Waals surface area contributed by atoms with E-state index in [2.05, 4.69) is 5.32 Å². The van der Waals surface area contributed by atoms with Gasteiger partial charge < -0.3 is 10.4 Å².